The molecular formula is C24H35IN6O. The standard InChI is InChI=1S/C24H34N6O.HI/c1-3-26-24(28-16-18(2)19-8-5-4-6-9-19)29-17-21-10-7-13-27-23(21)30-14-11-20(12-15-30)22(25)31;/h4-10,13,18,20H,3,11-12,14-17H2,1-2H3,(H2,25,31)(H2,26,28,29);1H. The first-order valence-corrected chi connectivity index (χ1v) is 11.1. The fourth-order valence-corrected chi connectivity index (χ4v) is 3.87. The number of anilines is 1. The molecule has 0 saturated carbocycles. The summed E-state index contributed by atoms with van der Waals surface area (Å²) in [6.45, 7) is 7.98. The number of benzene rings is 1. The van der Waals surface area contributed by atoms with Crippen LogP contribution in [-0.4, -0.2) is 43.0 Å². The molecule has 1 unspecified atom stereocenters. The number of primary amides is 1. The van der Waals surface area contributed by atoms with E-state index in [1.165, 1.54) is 5.56 Å². The first kappa shape index (κ1) is 25.9. The molecule has 1 aromatic carbocycles. The van der Waals surface area contributed by atoms with E-state index in [4.69, 9.17) is 10.7 Å². The van der Waals surface area contributed by atoms with Crippen LogP contribution in [0.4, 0.5) is 5.82 Å². The molecule has 1 amide bonds. The van der Waals surface area contributed by atoms with Crippen LogP contribution in [0, 0.1) is 5.92 Å². The zero-order chi connectivity index (χ0) is 22.1. The third-order valence-electron chi connectivity index (χ3n) is 5.76. The van der Waals surface area contributed by atoms with Gasteiger partial charge in [0.15, 0.2) is 5.96 Å². The molecule has 0 radical (unpaired) electrons. The van der Waals surface area contributed by atoms with E-state index in [9.17, 15) is 4.79 Å². The molecular weight excluding hydrogens is 515 g/mol. The molecule has 0 spiro atoms. The fraction of sp³-hybridized carbons (Fsp3) is 0.458. The van der Waals surface area contributed by atoms with Gasteiger partial charge >= 0.3 is 0 Å². The molecule has 1 atom stereocenters. The van der Waals surface area contributed by atoms with E-state index in [0.29, 0.717) is 12.5 Å². The summed E-state index contributed by atoms with van der Waals surface area (Å²) < 4.78 is 0. The molecule has 4 N–H and O–H groups in total. The summed E-state index contributed by atoms with van der Waals surface area (Å²) in [5, 5.41) is 6.79. The van der Waals surface area contributed by atoms with Crippen molar-refractivity contribution in [1.82, 2.24) is 15.6 Å². The molecule has 7 nitrogen and oxygen atoms in total. The van der Waals surface area contributed by atoms with E-state index >= 15 is 0 Å². The Morgan fingerprint density at radius 2 is 1.91 bits per heavy atom. The van der Waals surface area contributed by atoms with Crippen molar-refractivity contribution in [3.63, 3.8) is 0 Å². The molecule has 1 saturated heterocycles. The molecule has 1 aliphatic heterocycles. The Morgan fingerprint density at radius 1 is 1.19 bits per heavy atom. The number of nitrogens with zero attached hydrogens (tertiary/aromatic N) is 3. The number of pyridine rings is 1. The second-order valence-electron chi connectivity index (χ2n) is 8.04. The number of carbonyl (C=O) groups excluding carboxylic acids is 1. The SMILES string of the molecule is CCNC(=NCc1cccnc1N1CCC(C(N)=O)CC1)NCC(C)c1ccccc1.I. The van der Waals surface area contributed by atoms with Gasteiger partial charge in [-0.3, -0.25) is 4.79 Å². The highest BCUT2D eigenvalue weighted by molar-refractivity contribution is 14.0. The largest absolute Gasteiger partial charge is 0.369 e. The lowest BCUT2D eigenvalue weighted by molar-refractivity contribution is -0.122. The van der Waals surface area contributed by atoms with E-state index in [1.54, 1.807) is 0 Å². The number of rotatable bonds is 8. The third kappa shape index (κ3) is 7.36. The third-order valence-corrected chi connectivity index (χ3v) is 5.76. The molecule has 2 heterocycles. The molecule has 174 valence electrons. The second kappa shape index (κ2) is 13.2. The van der Waals surface area contributed by atoms with Gasteiger partial charge in [0.25, 0.3) is 0 Å². The Balaban J connectivity index is 0.00000363. The van der Waals surface area contributed by atoms with Gasteiger partial charge in [-0.2, -0.15) is 0 Å². The topological polar surface area (TPSA) is 95.6 Å². The Bertz CT molecular complexity index is 868. The Labute approximate surface area is 208 Å². The normalized spacial score (nSPS) is 15.6. The van der Waals surface area contributed by atoms with E-state index < -0.39 is 0 Å². The minimum Gasteiger partial charge on any atom is -0.369 e. The number of nitrogens with two attached hydrogens (primary N) is 1. The van der Waals surface area contributed by atoms with Crippen LogP contribution in [0.25, 0.3) is 0 Å². The number of halogens is 1. The van der Waals surface area contributed by atoms with Crippen molar-refractivity contribution < 1.29 is 4.79 Å². The van der Waals surface area contributed by atoms with Crippen molar-refractivity contribution in [3.05, 3.63) is 59.8 Å². The van der Waals surface area contributed by atoms with Crippen molar-refractivity contribution in [3.8, 4) is 0 Å². The fourth-order valence-electron chi connectivity index (χ4n) is 3.87. The average Bonchev–Trinajstić information content (AvgIpc) is 2.81. The Morgan fingerprint density at radius 3 is 2.56 bits per heavy atom. The molecule has 1 aromatic heterocycles. The van der Waals surface area contributed by atoms with Crippen molar-refractivity contribution in [2.75, 3.05) is 31.1 Å². The summed E-state index contributed by atoms with van der Waals surface area (Å²) in [4.78, 5) is 23.1. The van der Waals surface area contributed by atoms with Gasteiger partial charge in [-0.25, -0.2) is 9.98 Å². The molecule has 1 fully saturated rings. The molecule has 32 heavy (non-hydrogen) atoms. The molecule has 3 rings (SSSR count). The van der Waals surface area contributed by atoms with E-state index in [1.807, 2.05) is 18.3 Å². The molecule has 0 aliphatic carbocycles. The van der Waals surface area contributed by atoms with Crippen molar-refractivity contribution in [1.29, 1.82) is 0 Å². The smallest absolute Gasteiger partial charge is 0.220 e. The van der Waals surface area contributed by atoms with Gasteiger partial charge in [0.1, 0.15) is 5.82 Å². The molecule has 2 aromatic rings. The highest BCUT2D eigenvalue weighted by Crippen LogP contribution is 2.25. The van der Waals surface area contributed by atoms with Crippen molar-refractivity contribution in [2.45, 2.75) is 39.2 Å². The number of amides is 1. The zero-order valence-corrected chi connectivity index (χ0v) is 21.3. The first-order valence-electron chi connectivity index (χ1n) is 11.1. The maximum absolute atomic E-state index is 11.5. The van der Waals surface area contributed by atoms with Gasteiger partial charge in [0, 0.05) is 43.9 Å². The number of aliphatic imine (C=N–C) groups is 1. The van der Waals surface area contributed by atoms with Gasteiger partial charge in [-0.1, -0.05) is 43.3 Å². The van der Waals surface area contributed by atoms with Gasteiger partial charge in [0.05, 0.1) is 6.54 Å². The number of nitrogens with one attached hydrogen (secondary N) is 2. The molecule has 8 heteroatoms. The quantitative estimate of drug-likeness (QED) is 0.267. The van der Waals surface area contributed by atoms with E-state index in [-0.39, 0.29) is 35.8 Å². The van der Waals surface area contributed by atoms with Crippen molar-refractivity contribution >= 4 is 41.7 Å². The van der Waals surface area contributed by atoms with Gasteiger partial charge in [-0.15, -0.1) is 24.0 Å². The van der Waals surface area contributed by atoms with Crippen LogP contribution in [0.3, 0.4) is 0 Å². The van der Waals surface area contributed by atoms with E-state index in [2.05, 4.69) is 64.7 Å². The highest BCUT2D eigenvalue weighted by atomic mass is 127. The number of aromatic nitrogens is 1. The molecule has 1 aliphatic rings. The van der Waals surface area contributed by atoms with Crippen LogP contribution < -0.4 is 21.3 Å². The summed E-state index contributed by atoms with van der Waals surface area (Å²) in [6, 6.07) is 14.5. The lowest BCUT2D eigenvalue weighted by Gasteiger charge is -2.32. The number of guanidine groups is 1. The van der Waals surface area contributed by atoms with Gasteiger partial charge in [-0.05, 0) is 37.3 Å². The maximum atomic E-state index is 11.5. The maximum Gasteiger partial charge on any atom is 0.220 e. The minimum atomic E-state index is -0.198. The van der Waals surface area contributed by atoms with Crippen molar-refractivity contribution in [2.24, 2.45) is 16.6 Å². The van der Waals surface area contributed by atoms with Crippen LogP contribution in [0.2, 0.25) is 0 Å². The predicted octanol–water partition coefficient (Wildman–Crippen LogP) is 3.26. The van der Waals surface area contributed by atoms with Gasteiger partial charge < -0.3 is 21.3 Å². The number of piperidine rings is 1. The number of hydrogen-bond donors (Lipinski definition) is 3. The number of carbonyl (C=O) groups is 1. The Kier molecular flexibility index (Phi) is 10.7. The van der Waals surface area contributed by atoms with Crippen LogP contribution in [0.5, 0.6) is 0 Å². The zero-order valence-electron chi connectivity index (χ0n) is 19.0. The van der Waals surface area contributed by atoms with Gasteiger partial charge in [0.2, 0.25) is 5.91 Å². The predicted molar refractivity (Wildman–Crippen MR) is 141 cm³/mol. The summed E-state index contributed by atoms with van der Waals surface area (Å²) in [5.74, 6) is 1.90. The Hall–Kier alpha value is -2.36. The molecule has 0 bridgehead atoms. The van der Waals surface area contributed by atoms with Crippen LogP contribution in [0.15, 0.2) is 53.7 Å². The summed E-state index contributed by atoms with van der Waals surface area (Å²) in [6.07, 6.45) is 3.36. The average molecular weight is 550 g/mol. The highest BCUT2D eigenvalue weighted by Gasteiger charge is 2.24. The van der Waals surface area contributed by atoms with Crippen LogP contribution in [0.1, 0.15) is 43.7 Å². The lowest BCUT2D eigenvalue weighted by Crippen LogP contribution is -2.40. The van der Waals surface area contributed by atoms with Crippen LogP contribution >= 0.6 is 24.0 Å². The summed E-state index contributed by atoms with van der Waals surface area (Å²) >= 11 is 0. The minimum absolute atomic E-state index is 0. The van der Waals surface area contributed by atoms with Crippen LogP contribution in [-0.2, 0) is 11.3 Å². The number of hydrogen-bond acceptors (Lipinski definition) is 4. The lowest BCUT2D eigenvalue weighted by atomic mass is 9.96. The monoisotopic (exact) mass is 550 g/mol. The van der Waals surface area contributed by atoms with E-state index in [0.717, 1.165) is 56.4 Å². The summed E-state index contributed by atoms with van der Waals surface area (Å²) in [7, 11) is 0. The first-order chi connectivity index (χ1) is 15.1. The summed E-state index contributed by atoms with van der Waals surface area (Å²) in [5.41, 5.74) is 7.86. The second-order valence-corrected chi connectivity index (χ2v) is 8.04.